The molecule has 1 aliphatic rings. The molecule has 1 unspecified atom stereocenters. The number of benzene rings is 1. The van der Waals surface area contributed by atoms with Gasteiger partial charge in [-0.3, -0.25) is 0 Å². The maximum Gasteiger partial charge on any atom is 0.119 e. The van der Waals surface area contributed by atoms with E-state index in [1.54, 1.807) is 0 Å². The Morgan fingerprint density at radius 1 is 1.22 bits per heavy atom. The van der Waals surface area contributed by atoms with Crippen molar-refractivity contribution in [1.82, 2.24) is 0 Å². The van der Waals surface area contributed by atoms with Crippen LogP contribution in [0.2, 0.25) is 0 Å². The van der Waals surface area contributed by atoms with Crippen molar-refractivity contribution in [1.29, 1.82) is 0 Å². The van der Waals surface area contributed by atoms with Gasteiger partial charge in [0.1, 0.15) is 12.4 Å². The zero-order chi connectivity index (χ0) is 12.8. The third-order valence-corrected chi connectivity index (χ3v) is 3.83. The molecule has 0 spiro atoms. The van der Waals surface area contributed by atoms with Gasteiger partial charge in [0.2, 0.25) is 0 Å². The first-order chi connectivity index (χ1) is 8.79. The Labute approximate surface area is 110 Å². The number of aliphatic hydroxyl groups excluding tert-OH is 1. The van der Waals surface area contributed by atoms with Crippen LogP contribution in [-0.2, 0) is 6.42 Å². The molecular formula is C16H24O2. The smallest absolute Gasteiger partial charge is 0.119 e. The fraction of sp³-hybridized carbons (Fsp3) is 0.625. The molecule has 1 fully saturated rings. The number of hydrogen-bond donors (Lipinski definition) is 1. The lowest BCUT2D eigenvalue weighted by Gasteiger charge is -2.18. The first-order valence-electron chi connectivity index (χ1n) is 7.19. The Hall–Kier alpha value is -1.02. The van der Waals surface area contributed by atoms with E-state index in [1.807, 2.05) is 12.1 Å². The summed E-state index contributed by atoms with van der Waals surface area (Å²) >= 11 is 0. The molecule has 100 valence electrons. The molecule has 0 aromatic heterocycles. The Balaban J connectivity index is 1.78. The predicted octanol–water partition coefficient (Wildman–Crippen LogP) is 3.57. The summed E-state index contributed by atoms with van der Waals surface area (Å²) in [5, 5.41) is 10.0. The number of ether oxygens (including phenoxy) is 1. The average Bonchev–Trinajstić information content (AvgIpc) is 2.92. The molecule has 1 aromatic rings. The van der Waals surface area contributed by atoms with Crippen LogP contribution in [-0.4, -0.2) is 17.8 Å². The standard InChI is InChI=1S/C16H24O2/c1-2-5-13-8-10-15(11-9-13)18-12-16(17)14-6-3-4-7-14/h8-11,14,16-17H,2-7,12H2,1H3. The number of rotatable bonds is 6. The number of aliphatic hydroxyl groups is 1. The van der Waals surface area contributed by atoms with E-state index < -0.39 is 0 Å². The predicted molar refractivity (Wildman–Crippen MR) is 73.9 cm³/mol. The largest absolute Gasteiger partial charge is 0.491 e. The maximum absolute atomic E-state index is 10.0. The van der Waals surface area contributed by atoms with E-state index in [9.17, 15) is 5.11 Å². The van der Waals surface area contributed by atoms with E-state index in [2.05, 4.69) is 19.1 Å². The van der Waals surface area contributed by atoms with Crippen molar-refractivity contribution in [2.45, 2.75) is 51.6 Å². The second-order valence-electron chi connectivity index (χ2n) is 5.32. The molecule has 2 nitrogen and oxygen atoms in total. The molecule has 1 N–H and O–H groups in total. The Morgan fingerprint density at radius 2 is 1.89 bits per heavy atom. The van der Waals surface area contributed by atoms with E-state index in [-0.39, 0.29) is 6.10 Å². The van der Waals surface area contributed by atoms with E-state index >= 15 is 0 Å². The van der Waals surface area contributed by atoms with Crippen molar-refractivity contribution < 1.29 is 9.84 Å². The van der Waals surface area contributed by atoms with Gasteiger partial charge in [0.05, 0.1) is 6.10 Å². The third-order valence-electron chi connectivity index (χ3n) is 3.83. The zero-order valence-corrected chi connectivity index (χ0v) is 11.3. The fourth-order valence-corrected chi connectivity index (χ4v) is 2.70. The molecular weight excluding hydrogens is 224 g/mol. The molecule has 2 rings (SSSR count). The summed E-state index contributed by atoms with van der Waals surface area (Å²) in [6.45, 7) is 2.61. The van der Waals surface area contributed by atoms with Gasteiger partial charge in [0.25, 0.3) is 0 Å². The summed E-state index contributed by atoms with van der Waals surface area (Å²) in [5.74, 6) is 1.32. The van der Waals surface area contributed by atoms with Gasteiger partial charge in [-0.2, -0.15) is 0 Å². The highest BCUT2D eigenvalue weighted by Gasteiger charge is 2.23. The van der Waals surface area contributed by atoms with Gasteiger partial charge >= 0.3 is 0 Å². The van der Waals surface area contributed by atoms with Crippen LogP contribution in [0.15, 0.2) is 24.3 Å². The van der Waals surface area contributed by atoms with Crippen molar-refractivity contribution in [3.63, 3.8) is 0 Å². The van der Waals surface area contributed by atoms with Crippen LogP contribution >= 0.6 is 0 Å². The molecule has 18 heavy (non-hydrogen) atoms. The van der Waals surface area contributed by atoms with E-state index in [4.69, 9.17) is 4.74 Å². The number of aryl methyl sites for hydroxylation is 1. The quantitative estimate of drug-likeness (QED) is 0.834. The lowest BCUT2D eigenvalue weighted by Crippen LogP contribution is -2.25. The van der Waals surface area contributed by atoms with Gasteiger partial charge in [0, 0.05) is 0 Å². The normalized spacial score (nSPS) is 17.9. The van der Waals surface area contributed by atoms with Gasteiger partial charge in [0.15, 0.2) is 0 Å². The summed E-state index contributed by atoms with van der Waals surface area (Å²) in [6, 6.07) is 8.24. The molecule has 0 aliphatic heterocycles. The summed E-state index contributed by atoms with van der Waals surface area (Å²) in [5.41, 5.74) is 1.35. The van der Waals surface area contributed by atoms with Gasteiger partial charge < -0.3 is 9.84 Å². The van der Waals surface area contributed by atoms with E-state index in [0.29, 0.717) is 12.5 Å². The Bertz CT molecular complexity index is 339. The summed E-state index contributed by atoms with van der Waals surface area (Å²) in [4.78, 5) is 0. The fourth-order valence-electron chi connectivity index (χ4n) is 2.70. The van der Waals surface area contributed by atoms with E-state index in [1.165, 1.54) is 24.8 Å². The highest BCUT2D eigenvalue weighted by Crippen LogP contribution is 2.28. The Morgan fingerprint density at radius 3 is 2.50 bits per heavy atom. The van der Waals surface area contributed by atoms with Gasteiger partial charge in [-0.05, 0) is 42.9 Å². The molecule has 1 aliphatic carbocycles. The van der Waals surface area contributed by atoms with Crippen LogP contribution in [0.4, 0.5) is 0 Å². The second-order valence-corrected chi connectivity index (χ2v) is 5.32. The van der Waals surface area contributed by atoms with E-state index in [0.717, 1.165) is 25.0 Å². The highest BCUT2D eigenvalue weighted by atomic mass is 16.5. The summed E-state index contributed by atoms with van der Waals surface area (Å²) in [7, 11) is 0. The van der Waals surface area contributed by atoms with Gasteiger partial charge in [-0.15, -0.1) is 0 Å². The highest BCUT2D eigenvalue weighted by molar-refractivity contribution is 5.27. The van der Waals surface area contributed by atoms with Crippen LogP contribution in [0.25, 0.3) is 0 Å². The monoisotopic (exact) mass is 248 g/mol. The first kappa shape index (κ1) is 13.4. The van der Waals surface area contributed by atoms with Crippen LogP contribution in [0.5, 0.6) is 5.75 Å². The van der Waals surface area contributed by atoms with Crippen LogP contribution in [0.1, 0.15) is 44.6 Å². The molecule has 2 heteroatoms. The van der Waals surface area contributed by atoms with Crippen LogP contribution in [0.3, 0.4) is 0 Å². The third kappa shape index (κ3) is 3.74. The summed E-state index contributed by atoms with van der Waals surface area (Å²) < 4.78 is 5.66. The van der Waals surface area contributed by atoms with Gasteiger partial charge in [-0.25, -0.2) is 0 Å². The molecule has 1 atom stereocenters. The minimum atomic E-state index is -0.303. The number of hydrogen-bond acceptors (Lipinski definition) is 2. The maximum atomic E-state index is 10.0. The zero-order valence-electron chi connectivity index (χ0n) is 11.3. The van der Waals surface area contributed by atoms with Gasteiger partial charge in [-0.1, -0.05) is 38.3 Å². The Kier molecular flexibility index (Phi) is 5.06. The van der Waals surface area contributed by atoms with Crippen LogP contribution in [0, 0.1) is 5.92 Å². The van der Waals surface area contributed by atoms with Crippen molar-refractivity contribution in [2.75, 3.05) is 6.61 Å². The topological polar surface area (TPSA) is 29.5 Å². The first-order valence-corrected chi connectivity index (χ1v) is 7.19. The second kappa shape index (κ2) is 6.79. The van der Waals surface area contributed by atoms with Crippen LogP contribution < -0.4 is 4.74 Å². The minimum absolute atomic E-state index is 0.303. The van der Waals surface area contributed by atoms with Crippen molar-refractivity contribution in [3.05, 3.63) is 29.8 Å². The van der Waals surface area contributed by atoms with Crippen molar-refractivity contribution in [3.8, 4) is 5.75 Å². The van der Waals surface area contributed by atoms with Crippen molar-refractivity contribution in [2.24, 2.45) is 5.92 Å². The molecule has 1 aromatic carbocycles. The SMILES string of the molecule is CCCc1ccc(OCC(O)C2CCCC2)cc1. The van der Waals surface area contributed by atoms with Crippen molar-refractivity contribution >= 4 is 0 Å². The molecule has 0 bridgehead atoms. The molecule has 0 amide bonds. The minimum Gasteiger partial charge on any atom is -0.491 e. The average molecular weight is 248 g/mol. The lowest BCUT2D eigenvalue weighted by atomic mass is 10.0. The summed E-state index contributed by atoms with van der Waals surface area (Å²) in [6.07, 6.45) is 6.80. The lowest BCUT2D eigenvalue weighted by molar-refractivity contribution is 0.0593. The molecule has 0 heterocycles. The molecule has 1 saturated carbocycles. The molecule has 0 radical (unpaired) electrons. The molecule has 0 saturated heterocycles.